The highest BCUT2D eigenvalue weighted by Crippen LogP contribution is 2.36. The first-order valence-electron chi connectivity index (χ1n) is 5.16. The first kappa shape index (κ1) is 9.38. The van der Waals surface area contributed by atoms with Crippen molar-refractivity contribution in [2.75, 3.05) is 19.0 Å². The van der Waals surface area contributed by atoms with Gasteiger partial charge in [-0.2, -0.15) is 0 Å². The van der Waals surface area contributed by atoms with E-state index in [0.29, 0.717) is 5.75 Å². The van der Waals surface area contributed by atoms with Crippen LogP contribution >= 0.6 is 0 Å². The summed E-state index contributed by atoms with van der Waals surface area (Å²) in [6.45, 7) is 0. The van der Waals surface area contributed by atoms with E-state index in [9.17, 15) is 5.11 Å². The van der Waals surface area contributed by atoms with Gasteiger partial charge in [0.25, 0.3) is 0 Å². The molecule has 1 fully saturated rings. The number of hydrogen-bond acceptors (Lipinski definition) is 2. The molecular weight excluding hydrogens is 174 g/mol. The second kappa shape index (κ2) is 3.52. The summed E-state index contributed by atoms with van der Waals surface area (Å²) in [7, 11) is 4.09. The maximum absolute atomic E-state index is 9.43. The Bertz CT molecular complexity index is 329. The molecular formula is C12H17NO. The predicted octanol–water partition coefficient (Wildman–Crippen LogP) is 2.41. The molecule has 0 radical (unpaired) electrons. The highest BCUT2D eigenvalue weighted by Gasteiger charge is 2.23. The van der Waals surface area contributed by atoms with Crippen LogP contribution in [-0.4, -0.2) is 19.2 Å². The average molecular weight is 191 g/mol. The van der Waals surface area contributed by atoms with Gasteiger partial charge in [-0.3, -0.25) is 0 Å². The van der Waals surface area contributed by atoms with Gasteiger partial charge in [-0.15, -0.1) is 0 Å². The lowest BCUT2D eigenvalue weighted by atomic mass is 10.1. The smallest absolute Gasteiger partial charge is 0.116 e. The molecule has 1 saturated carbocycles. The monoisotopic (exact) mass is 191 g/mol. The molecule has 76 valence electrons. The molecule has 0 atom stereocenters. The Labute approximate surface area is 85.2 Å². The molecule has 0 bridgehead atoms. The molecule has 0 unspecified atom stereocenters. The van der Waals surface area contributed by atoms with Crippen molar-refractivity contribution in [3.05, 3.63) is 23.8 Å². The van der Waals surface area contributed by atoms with Gasteiger partial charge in [-0.25, -0.2) is 0 Å². The molecule has 0 aromatic heterocycles. The predicted molar refractivity (Wildman–Crippen MR) is 58.9 cm³/mol. The molecule has 2 heteroatoms. The van der Waals surface area contributed by atoms with E-state index >= 15 is 0 Å². The molecule has 0 heterocycles. The number of rotatable bonds is 3. The lowest BCUT2D eigenvalue weighted by Gasteiger charge is -2.17. The number of nitrogens with zero attached hydrogens (tertiary/aromatic N) is 1. The second-order valence-corrected chi connectivity index (χ2v) is 4.35. The highest BCUT2D eigenvalue weighted by molar-refractivity contribution is 5.55. The molecule has 1 N–H and O–H groups in total. The van der Waals surface area contributed by atoms with Gasteiger partial charge in [0, 0.05) is 19.8 Å². The summed E-state index contributed by atoms with van der Waals surface area (Å²) < 4.78 is 0. The third-order valence-corrected chi connectivity index (χ3v) is 2.75. The lowest BCUT2D eigenvalue weighted by molar-refractivity contribution is 0.474. The summed E-state index contributed by atoms with van der Waals surface area (Å²) in [5.41, 5.74) is 2.51. The molecule has 1 aliphatic carbocycles. The van der Waals surface area contributed by atoms with E-state index in [4.69, 9.17) is 0 Å². The number of aromatic hydroxyl groups is 1. The van der Waals surface area contributed by atoms with E-state index in [-0.39, 0.29) is 0 Å². The summed E-state index contributed by atoms with van der Waals surface area (Å²) in [5.74, 6) is 1.24. The minimum absolute atomic E-state index is 0.381. The minimum Gasteiger partial charge on any atom is -0.508 e. The van der Waals surface area contributed by atoms with Gasteiger partial charge in [-0.1, -0.05) is 0 Å². The van der Waals surface area contributed by atoms with Crippen molar-refractivity contribution in [3.63, 3.8) is 0 Å². The second-order valence-electron chi connectivity index (χ2n) is 4.35. The van der Waals surface area contributed by atoms with Crippen molar-refractivity contribution in [1.82, 2.24) is 0 Å². The van der Waals surface area contributed by atoms with Crippen LogP contribution in [0, 0.1) is 5.92 Å². The van der Waals surface area contributed by atoms with Gasteiger partial charge in [0.15, 0.2) is 0 Å². The van der Waals surface area contributed by atoms with Gasteiger partial charge in [0.1, 0.15) is 5.75 Å². The number of phenols is 1. The molecule has 1 aliphatic rings. The Morgan fingerprint density at radius 1 is 1.36 bits per heavy atom. The van der Waals surface area contributed by atoms with E-state index in [1.165, 1.54) is 24.1 Å². The fourth-order valence-corrected chi connectivity index (χ4v) is 1.80. The van der Waals surface area contributed by atoms with E-state index < -0.39 is 0 Å². The molecule has 1 aromatic carbocycles. The van der Waals surface area contributed by atoms with Crippen LogP contribution in [0.5, 0.6) is 5.75 Å². The van der Waals surface area contributed by atoms with E-state index in [2.05, 4.69) is 4.90 Å². The number of benzene rings is 1. The third kappa shape index (κ3) is 2.00. The Balaban J connectivity index is 2.27. The van der Waals surface area contributed by atoms with Crippen molar-refractivity contribution < 1.29 is 5.11 Å². The van der Waals surface area contributed by atoms with Crippen LogP contribution in [0.15, 0.2) is 18.2 Å². The molecule has 0 spiro atoms. The maximum Gasteiger partial charge on any atom is 0.116 e. The first-order chi connectivity index (χ1) is 6.66. The van der Waals surface area contributed by atoms with Gasteiger partial charge in [-0.05, 0) is 48.9 Å². The minimum atomic E-state index is 0.381. The topological polar surface area (TPSA) is 23.5 Å². The van der Waals surface area contributed by atoms with Crippen molar-refractivity contribution >= 4 is 5.69 Å². The van der Waals surface area contributed by atoms with Crippen LogP contribution in [-0.2, 0) is 6.42 Å². The average Bonchev–Trinajstić information content (AvgIpc) is 2.87. The fraction of sp³-hybridized carbons (Fsp3) is 0.500. The summed E-state index contributed by atoms with van der Waals surface area (Å²) in [6.07, 6.45) is 3.81. The summed E-state index contributed by atoms with van der Waals surface area (Å²) in [4.78, 5) is 2.11. The van der Waals surface area contributed by atoms with Crippen LogP contribution in [0.1, 0.15) is 18.4 Å². The van der Waals surface area contributed by atoms with Gasteiger partial charge in [0.2, 0.25) is 0 Å². The van der Waals surface area contributed by atoms with Crippen LogP contribution in [0.2, 0.25) is 0 Å². The number of anilines is 1. The first-order valence-corrected chi connectivity index (χ1v) is 5.16. The zero-order valence-corrected chi connectivity index (χ0v) is 8.83. The van der Waals surface area contributed by atoms with Gasteiger partial charge in [0.05, 0.1) is 0 Å². The Morgan fingerprint density at radius 2 is 2.07 bits per heavy atom. The van der Waals surface area contributed by atoms with E-state index in [1.807, 2.05) is 26.2 Å². The Hall–Kier alpha value is -1.18. The Kier molecular flexibility index (Phi) is 2.36. The standard InChI is InChI=1S/C12H17NO/c1-13(2)12-6-5-11(14)8-10(12)7-9-3-4-9/h5-6,8-9,14H,3-4,7H2,1-2H3. The van der Waals surface area contributed by atoms with Crippen molar-refractivity contribution in [2.24, 2.45) is 5.92 Å². The number of hydrogen-bond donors (Lipinski definition) is 1. The molecule has 2 nitrogen and oxygen atoms in total. The quantitative estimate of drug-likeness (QED) is 0.793. The molecule has 14 heavy (non-hydrogen) atoms. The Morgan fingerprint density at radius 3 is 2.64 bits per heavy atom. The zero-order chi connectivity index (χ0) is 10.1. The highest BCUT2D eigenvalue weighted by atomic mass is 16.3. The molecule has 0 amide bonds. The van der Waals surface area contributed by atoms with Crippen molar-refractivity contribution in [1.29, 1.82) is 0 Å². The van der Waals surface area contributed by atoms with E-state index in [0.717, 1.165) is 12.3 Å². The van der Waals surface area contributed by atoms with Crippen molar-refractivity contribution in [2.45, 2.75) is 19.3 Å². The molecule has 1 aromatic rings. The van der Waals surface area contributed by atoms with Gasteiger partial charge >= 0.3 is 0 Å². The molecule has 0 saturated heterocycles. The van der Waals surface area contributed by atoms with E-state index in [1.54, 1.807) is 6.07 Å². The largest absolute Gasteiger partial charge is 0.508 e. The summed E-state index contributed by atoms with van der Waals surface area (Å²) in [5, 5.41) is 9.43. The fourth-order valence-electron chi connectivity index (χ4n) is 1.80. The summed E-state index contributed by atoms with van der Waals surface area (Å²) in [6, 6.07) is 5.65. The third-order valence-electron chi connectivity index (χ3n) is 2.75. The van der Waals surface area contributed by atoms with Crippen LogP contribution in [0.25, 0.3) is 0 Å². The number of phenolic OH excluding ortho intramolecular Hbond substituents is 1. The summed E-state index contributed by atoms with van der Waals surface area (Å²) >= 11 is 0. The normalized spacial score (nSPS) is 15.6. The SMILES string of the molecule is CN(C)c1ccc(O)cc1CC1CC1. The van der Waals surface area contributed by atoms with Crippen molar-refractivity contribution in [3.8, 4) is 5.75 Å². The van der Waals surface area contributed by atoms with Gasteiger partial charge < -0.3 is 10.0 Å². The van der Waals surface area contributed by atoms with Crippen LogP contribution in [0.4, 0.5) is 5.69 Å². The van der Waals surface area contributed by atoms with Crippen LogP contribution in [0.3, 0.4) is 0 Å². The maximum atomic E-state index is 9.43. The molecule has 0 aliphatic heterocycles. The zero-order valence-electron chi connectivity index (χ0n) is 8.83. The molecule has 2 rings (SSSR count). The lowest BCUT2D eigenvalue weighted by Crippen LogP contribution is -2.11. The van der Waals surface area contributed by atoms with Crippen LogP contribution < -0.4 is 4.90 Å².